The molecule has 0 unspecified atom stereocenters. The zero-order valence-electron chi connectivity index (χ0n) is 32.8. The minimum atomic E-state index is -0.121. The maximum absolute atomic E-state index is 12.5. The maximum Gasteiger partial charge on any atom is 0.239 e. The summed E-state index contributed by atoms with van der Waals surface area (Å²) in [5, 5.41) is 5.90. The summed E-state index contributed by atoms with van der Waals surface area (Å²) < 4.78 is 1.74. The second-order valence-corrected chi connectivity index (χ2v) is 14.7. The van der Waals surface area contributed by atoms with Crippen LogP contribution in [0.25, 0.3) is 12.2 Å². The van der Waals surface area contributed by atoms with Crippen molar-refractivity contribution in [1.29, 1.82) is 0 Å². The van der Waals surface area contributed by atoms with E-state index in [-0.39, 0.29) is 95.8 Å². The fourth-order valence-corrected chi connectivity index (χ4v) is 5.16. The molecule has 2 N–H and O–H groups in total. The molecule has 0 saturated carbocycles. The number of carbonyl (C=O) groups is 2. The van der Waals surface area contributed by atoms with Gasteiger partial charge in [-0.3, -0.25) is 9.59 Å². The Labute approximate surface area is 382 Å². The molecular weight excluding hydrogens is 845 g/mol. The second-order valence-electron chi connectivity index (χ2n) is 14.7. The van der Waals surface area contributed by atoms with E-state index in [0.29, 0.717) is 24.0 Å². The number of quaternary nitrogens is 2. The fourth-order valence-electron chi connectivity index (χ4n) is 5.16. The van der Waals surface area contributed by atoms with Gasteiger partial charge in [-0.25, -0.2) is 0 Å². The molecule has 53 heavy (non-hydrogen) atoms. The standard InChI is InChI=1S/2C22H27N2O.V.2Y/c2*1-6-20(15-19-9-7-8-17(2)14-19)22(25)23-21-12-10-18(11-13-21)16-24(3,4)5;;;/h2*7-8,10-15H,1,6,16H2,2-5H3,(H,23,25);;;/q2*-1;;;. The minimum Gasteiger partial charge on any atom is -0.340 e. The molecular formula is C44H54N4O2VY2-2. The van der Waals surface area contributed by atoms with E-state index in [0.717, 1.165) is 55.7 Å². The van der Waals surface area contributed by atoms with E-state index in [1.54, 1.807) is 0 Å². The van der Waals surface area contributed by atoms with Crippen LogP contribution in [0, 0.1) is 39.8 Å². The summed E-state index contributed by atoms with van der Waals surface area (Å²) in [7, 11) is 12.9. The van der Waals surface area contributed by atoms with Gasteiger partial charge in [0.05, 0.1) is 42.3 Å². The Morgan fingerprint density at radius 1 is 0.604 bits per heavy atom. The van der Waals surface area contributed by atoms with Crippen molar-refractivity contribution in [2.24, 2.45) is 0 Å². The molecule has 0 spiro atoms. The molecule has 0 aliphatic heterocycles. The monoisotopic (exact) mass is 899 g/mol. The van der Waals surface area contributed by atoms with Crippen LogP contribution >= 0.6 is 0 Å². The maximum atomic E-state index is 12.5. The SMILES string of the molecule is [CH2-]CC(=Cc1[c-]ccc(C)c1)C(=O)Nc1ccc(C[N+](C)(C)C)cc1.[CH2-]CC(=Cc1[c-]ccc(C)c1)C(=O)Nc1ccc(C[N+](C)(C)C)cc1.[V].[Y].[Y]. The molecule has 0 aliphatic rings. The van der Waals surface area contributed by atoms with Crippen LogP contribution in [-0.4, -0.2) is 63.1 Å². The van der Waals surface area contributed by atoms with Gasteiger partial charge in [0.1, 0.15) is 13.1 Å². The molecule has 0 bridgehead atoms. The van der Waals surface area contributed by atoms with Crippen molar-refractivity contribution in [2.45, 2.75) is 39.8 Å². The molecule has 0 saturated heterocycles. The first-order chi connectivity index (χ1) is 23.5. The number of nitrogens with zero attached hydrogens (tertiary/aromatic N) is 2. The quantitative estimate of drug-likeness (QED) is 0.0853. The van der Waals surface area contributed by atoms with Gasteiger partial charge in [-0.1, -0.05) is 49.3 Å². The van der Waals surface area contributed by atoms with Gasteiger partial charge in [0, 0.05) is 106 Å². The topological polar surface area (TPSA) is 58.2 Å². The van der Waals surface area contributed by atoms with Crippen LogP contribution < -0.4 is 10.6 Å². The van der Waals surface area contributed by atoms with Crippen LogP contribution in [0.3, 0.4) is 0 Å². The Kier molecular flexibility index (Phi) is 23.6. The van der Waals surface area contributed by atoms with Crippen molar-refractivity contribution in [3.63, 3.8) is 0 Å². The van der Waals surface area contributed by atoms with Gasteiger partial charge in [0.15, 0.2) is 0 Å². The molecule has 0 heterocycles. The van der Waals surface area contributed by atoms with Crippen LogP contribution in [-0.2, 0) is 107 Å². The van der Waals surface area contributed by atoms with E-state index in [1.165, 1.54) is 11.1 Å². The first kappa shape index (κ1) is 51.0. The molecule has 0 fully saturated rings. The van der Waals surface area contributed by atoms with Crippen molar-refractivity contribution in [2.75, 3.05) is 52.9 Å². The summed E-state index contributed by atoms with van der Waals surface area (Å²) >= 11 is 0. The van der Waals surface area contributed by atoms with Crippen molar-refractivity contribution >= 4 is 35.3 Å². The Morgan fingerprint density at radius 2 is 0.925 bits per heavy atom. The van der Waals surface area contributed by atoms with Crippen molar-refractivity contribution in [3.8, 4) is 0 Å². The predicted molar refractivity (Wildman–Crippen MR) is 210 cm³/mol. The summed E-state index contributed by atoms with van der Waals surface area (Å²) in [5.74, 6) is -0.242. The number of hydrogen-bond donors (Lipinski definition) is 2. The Morgan fingerprint density at radius 3 is 1.19 bits per heavy atom. The predicted octanol–water partition coefficient (Wildman–Crippen LogP) is 8.49. The molecule has 3 radical (unpaired) electrons. The average Bonchev–Trinajstić information content (AvgIpc) is 3.03. The first-order valence-electron chi connectivity index (χ1n) is 16.9. The smallest absolute Gasteiger partial charge is 0.239 e. The van der Waals surface area contributed by atoms with Crippen LogP contribution in [0.4, 0.5) is 11.4 Å². The number of amides is 2. The largest absolute Gasteiger partial charge is 0.340 e. The van der Waals surface area contributed by atoms with Crippen LogP contribution in [0.5, 0.6) is 0 Å². The summed E-state index contributed by atoms with van der Waals surface area (Å²) in [4.78, 5) is 25.0. The zero-order chi connectivity index (χ0) is 36.9. The van der Waals surface area contributed by atoms with E-state index >= 15 is 0 Å². The normalized spacial score (nSPS) is 11.4. The van der Waals surface area contributed by atoms with E-state index in [1.807, 2.05) is 86.7 Å². The van der Waals surface area contributed by atoms with Crippen molar-refractivity contribution in [1.82, 2.24) is 0 Å². The van der Waals surface area contributed by atoms with Gasteiger partial charge in [0.25, 0.3) is 0 Å². The van der Waals surface area contributed by atoms with Gasteiger partial charge in [-0.05, 0) is 24.3 Å². The third kappa shape index (κ3) is 20.0. The number of carbonyl (C=O) groups excluding carboxylic acids is 2. The van der Waals surface area contributed by atoms with Crippen LogP contribution in [0.1, 0.15) is 46.2 Å². The third-order valence-electron chi connectivity index (χ3n) is 7.48. The van der Waals surface area contributed by atoms with Gasteiger partial charge in [-0.15, -0.1) is 82.9 Å². The molecule has 0 aliphatic carbocycles. The number of benzene rings is 4. The molecule has 2 amide bonds. The van der Waals surface area contributed by atoms with E-state index < -0.39 is 0 Å². The summed E-state index contributed by atoms with van der Waals surface area (Å²) in [6, 6.07) is 34.0. The minimum absolute atomic E-state index is 0. The second kappa shape index (κ2) is 24.5. The van der Waals surface area contributed by atoms with Gasteiger partial charge in [0.2, 0.25) is 11.8 Å². The van der Waals surface area contributed by atoms with Gasteiger partial charge >= 0.3 is 0 Å². The first-order valence-corrected chi connectivity index (χ1v) is 16.9. The molecule has 9 heteroatoms. The Bertz CT molecular complexity index is 1660. The van der Waals surface area contributed by atoms with Crippen LogP contribution in [0.2, 0.25) is 0 Å². The number of anilines is 2. The third-order valence-corrected chi connectivity index (χ3v) is 7.48. The molecule has 4 aromatic rings. The van der Waals surface area contributed by atoms with Gasteiger partial charge in [-0.2, -0.15) is 12.8 Å². The molecule has 4 rings (SSSR count). The van der Waals surface area contributed by atoms with Crippen molar-refractivity contribution in [3.05, 3.63) is 155 Å². The molecule has 0 atom stereocenters. The number of aryl methyl sites for hydroxylation is 2. The molecule has 6 nitrogen and oxygen atoms in total. The Balaban J connectivity index is 0.000000966. The Hall–Kier alpha value is -1.99. The average molecular weight is 900 g/mol. The summed E-state index contributed by atoms with van der Waals surface area (Å²) in [6.45, 7) is 13.7. The summed E-state index contributed by atoms with van der Waals surface area (Å²) in [6.07, 6.45) is 4.54. The van der Waals surface area contributed by atoms with Crippen LogP contribution in [0.15, 0.2) is 96.1 Å². The van der Waals surface area contributed by atoms with Gasteiger partial charge < -0.3 is 33.4 Å². The van der Waals surface area contributed by atoms with E-state index in [9.17, 15) is 9.59 Å². The van der Waals surface area contributed by atoms with E-state index in [2.05, 4.69) is 103 Å². The van der Waals surface area contributed by atoms with Crippen molar-refractivity contribution < 1.29 is 103 Å². The molecule has 4 aromatic carbocycles. The zero-order valence-corrected chi connectivity index (χ0v) is 39.9. The number of nitrogens with one attached hydrogen (secondary N) is 2. The number of hydrogen-bond acceptors (Lipinski definition) is 2. The van der Waals surface area contributed by atoms with E-state index in [4.69, 9.17) is 0 Å². The summed E-state index contributed by atoms with van der Waals surface area (Å²) in [5.41, 5.74) is 9.42. The molecule has 0 aromatic heterocycles. The number of rotatable bonds is 12. The molecule has 275 valence electrons. The fraction of sp³-hybridized carbons (Fsp3) is 0.273.